The van der Waals surface area contributed by atoms with Crippen LogP contribution in [0.1, 0.15) is 28.3 Å². The van der Waals surface area contributed by atoms with Gasteiger partial charge in [0.15, 0.2) is 0 Å². The van der Waals surface area contributed by atoms with Crippen LogP contribution in [0.3, 0.4) is 0 Å². The molecule has 21 heavy (non-hydrogen) atoms. The van der Waals surface area contributed by atoms with E-state index in [-0.39, 0.29) is 11.9 Å². The molecule has 0 amide bonds. The Balaban J connectivity index is 2.18. The van der Waals surface area contributed by atoms with E-state index in [0.29, 0.717) is 5.39 Å². The summed E-state index contributed by atoms with van der Waals surface area (Å²) in [4.78, 5) is 0. The maximum absolute atomic E-state index is 13.9. The minimum atomic E-state index is -0.254. The maximum Gasteiger partial charge on any atom is 0.131 e. The fraction of sp³-hybridized carbons (Fsp3) is 0.158. The van der Waals surface area contributed by atoms with E-state index in [0.717, 1.165) is 22.1 Å². The van der Waals surface area contributed by atoms with E-state index in [1.165, 1.54) is 11.6 Å². The second-order valence-corrected chi connectivity index (χ2v) is 5.52. The lowest BCUT2D eigenvalue weighted by molar-refractivity contribution is 0.639. The third kappa shape index (κ3) is 2.43. The van der Waals surface area contributed by atoms with Crippen molar-refractivity contribution in [2.45, 2.75) is 19.9 Å². The zero-order valence-electron chi connectivity index (χ0n) is 12.2. The number of halogens is 1. The Labute approximate surface area is 124 Å². The predicted molar refractivity (Wildman–Crippen MR) is 85.9 cm³/mol. The molecule has 3 rings (SSSR count). The van der Waals surface area contributed by atoms with Gasteiger partial charge in [-0.1, -0.05) is 54.1 Å². The molecule has 0 saturated carbocycles. The molecule has 0 heterocycles. The molecule has 0 spiro atoms. The lowest BCUT2D eigenvalue weighted by Gasteiger charge is -2.18. The summed E-state index contributed by atoms with van der Waals surface area (Å²) in [6.07, 6.45) is 0. The summed E-state index contributed by atoms with van der Waals surface area (Å²) in [6.45, 7) is 4.13. The fourth-order valence-electron chi connectivity index (χ4n) is 2.90. The fourth-order valence-corrected chi connectivity index (χ4v) is 2.90. The average Bonchev–Trinajstić information content (AvgIpc) is 2.47. The highest BCUT2D eigenvalue weighted by atomic mass is 19.1. The molecule has 1 atom stereocenters. The summed E-state index contributed by atoms with van der Waals surface area (Å²) in [7, 11) is 0. The normalized spacial score (nSPS) is 12.6. The second kappa shape index (κ2) is 5.30. The lowest BCUT2D eigenvalue weighted by Crippen LogP contribution is -2.14. The van der Waals surface area contributed by atoms with Gasteiger partial charge in [0.1, 0.15) is 5.82 Å². The molecule has 0 fully saturated rings. The minimum Gasteiger partial charge on any atom is -0.320 e. The molecule has 0 aromatic heterocycles. The van der Waals surface area contributed by atoms with Crippen LogP contribution in [0.25, 0.3) is 10.8 Å². The smallest absolute Gasteiger partial charge is 0.131 e. The number of hydrogen-bond acceptors (Lipinski definition) is 1. The Morgan fingerprint density at radius 3 is 2.24 bits per heavy atom. The van der Waals surface area contributed by atoms with Crippen LogP contribution in [0.2, 0.25) is 0 Å². The van der Waals surface area contributed by atoms with Crippen molar-refractivity contribution in [2.75, 3.05) is 0 Å². The molecule has 106 valence electrons. The van der Waals surface area contributed by atoms with Crippen LogP contribution in [0.15, 0.2) is 54.6 Å². The monoisotopic (exact) mass is 279 g/mol. The van der Waals surface area contributed by atoms with E-state index in [1.807, 2.05) is 18.2 Å². The largest absolute Gasteiger partial charge is 0.320 e. The molecule has 0 aliphatic rings. The summed E-state index contributed by atoms with van der Waals surface area (Å²) in [5, 5.41) is 1.50. The summed E-state index contributed by atoms with van der Waals surface area (Å²) in [5.74, 6) is -0.206. The highest BCUT2D eigenvalue weighted by Crippen LogP contribution is 2.30. The number of nitrogens with two attached hydrogens (primary N) is 1. The zero-order chi connectivity index (χ0) is 15.0. The lowest BCUT2D eigenvalue weighted by atomic mass is 9.91. The minimum absolute atomic E-state index is 0.206. The van der Waals surface area contributed by atoms with Crippen molar-refractivity contribution in [1.82, 2.24) is 0 Å². The summed E-state index contributed by atoms with van der Waals surface area (Å²) < 4.78 is 13.9. The average molecular weight is 279 g/mol. The van der Waals surface area contributed by atoms with Crippen molar-refractivity contribution in [3.05, 3.63) is 82.7 Å². The number of fused-ring (bicyclic) bond motifs is 1. The van der Waals surface area contributed by atoms with E-state index in [2.05, 4.69) is 32.0 Å². The Morgan fingerprint density at radius 2 is 1.52 bits per heavy atom. The van der Waals surface area contributed by atoms with Gasteiger partial charge in [0.05, 0.1) is 6.04 Å². The van der Waals surface area contributed by atoms with Crippen molar-refractivity contribution in [2.24, 2.45) is 5.73 Å². The molecule has 3 aromatic rings. The van der Waals surface area contributed by atoms with Gasteiger partial charge in [-0.2, -0.15) is 0 Å². The first-order chi connectivity index (χ1) is 10.1. The van der Waals surface area contributed by atoms with Crippen LogP contribution in [0, 0.1) is 19.7 Å². The summed E-state index contributed by atoms with van der Waals surface area (Å²) in [5.41, 5.74) is 10.9. The summed E-state index contributed by atoms with van der Waals surface area (Å²) in [6, 6.07) is 16.8. The molecular weight excluding hydrogens is 261 g/mol. The Kier molecular flexibility index (Phi) is 3.48. The van der Waals surface area contributed by atoms with Gasteiger partial charge in [-0.15, -0.1) is 0 Å². The van der Waals surface area contributed by atoms with Gasteiger partial charge in [0, 0.05) is 5.39 Å². The van der Waals surface area contributed by atoms with E-state index in [4.69, 9.17) is 5.73 Å². The van der Waals surface area contributed by atoms with Crippen LogP contribution >= 0.6 is 0 Å². The summed E-state index contributed by atoms with van der Waals surface area (Å²) >= 11 is 0. The molecule has 0 aliphatic heterocycles. The van der Waals surface area contributed by atoms with Crippen LogP contribution in [-0.2, 0) is 0 Å². The SMILES string of the molecule is Cc1ccc(C(N)c2ccc(F)c3ccccc23)c(C)c1. The van der Waals surface area contributed by atoms with Gasteiger partial charge in [-0.25, -0.2) is 4.39 Å². The number of rotatable bonds is 2. The third-order valence-corrected chi connectivity index (χ3v) is 4.00. The van der Waals surface area contributed by atoms with Crippen molar-refractivity contribution in [3.63, 3.8) is 0 Å². The highest BCUT2D eigenvalue weighted by Gasteiger charge is 2.15. The zero-order valence-corrected chi connectivity index (χ0v) is 12.2. The van der Waals surface area contributed by atoms with Gasteiger partial charge in [0.2, 0.25) is 0 Å². The number of hydrogen-bond donors (Lipinski definition) is 1. The number of aryl methyl sites for hydroxylation is 2. The first-order valence-electron chi connectivity index (χ1n) is 7.08. The molecule has 1 unspecified atom stereocenters. The quantitative estimate of drug-likeness (QED) is 0.726. The van der Waals surface area contributed by atoms with Crippen LogP contribution < -0.4 is 5.73 Å². The second-order valence-electron chi connectivity index (χ2n) is 5.52. The molecule has 0 bridgehead atoms. The van der Waals surface area contributed by atoms with E-state index in [1.54, 1.807) is 12.1 Å². The molecule has 2 N–H and O–H groups in total. The maximum atomic E-state index is 13.9. The van der Waals surface area contributed by atoms with E-state index < -0.39 is 0 Å². The van der Waals surface area contributed by atoms with Crippen LogP contribution in [-0.4, -0.2) is 0 Å². The Bertz CT molecular complexity index is 808. The third-order valence-electron chi connectivity index (χ3n) is 4.00. The standard InChI is InChI=1S/C19H18FN/c1-12-7-8-14(13(2)11-12)19(21)17-9-10-18(20)16-6-4-3-5-15(16)17/h3-11,19H,21H2,1-2H3. The topological polar surface area (TPSA) is 26.0 Å². The first kappa shape index (κ1) is 13.8. The first-order valence-corrected chi connectivity index (χ1v) is 7.08. The van der Waals surface area contributed by atoms with Gasteiger partial charge in [-0.3, -0.25) is 0 Å². The van der Waals surface area contributed by atoms with E-state index in [9.17, 15) is 4.39 Å². The van der Waals surface area contributed by atoms with Crippen molar-refractivity contribution in [3.8, 4) is 0 Å². The number of benzene rings is 3. The van der Waals surface area contributed by atoms with Gasteiger partial charge < -0.3 is 5.73 Å². The van der Waals surface area contributed by atoms with Crippen molar-refractivity contribution < 1.29 is 4.39 Å². The molecule has 3 aromatic carbocycles. The predicted octanol–water partition coefficient (Wildman–Crippen LogP) is 4.64. The van der Waals surface area contributed by atoms with Gasteiger partial charge in [0.25, 0.3) is 0 Å². The highest BCUT2D eigenvalue weighted by molar-refractivity contribution is 5.87. The molecule has 2 heteroatoms. The Morgan fingerprint density at radius 1 is 0.857 bits per heavy atom. The van der Waals surface area contributed by atoms with Gasteiger partial charge in [-0.05, 0) is 42.0 Å². The molecular formula is C19H18FN. The van der Waals surface area contributed by atoms with Crippen LogP contribution in [0.5, 0.6) is 0 Å². The van der Waals surface area contributed by atoms with Crippen molar-refractivity contribution in [1.29, 1.82) is 0 Å². The molecule has 0 saturated heterocycles. The molecule has 1 nitrogen and oxygen atoms in total. The molecule has 0 aliphatic carbocycles. The Hall–Kier alpha value is -2.19. The van der Waals surface area contributed by atoms with E-state index >= 15 is 0 Å². The van der Waals surface area contributed by atoms with Crippen molar-refractivity contribution >= 4 is 10.8 Å². The van der Waals surface area contributed by atoms with Crippen LogP contribution in [0.4, 0.5) is 4.39 Å². The molecule has 0 radical (unpaired) electrons. The van der Waals surface area contributed by atoms with Gasteiger partial charge >= 0.3 is 0 Å².